The van der Waals surface area contributed by atoms with Crippen LogP contribution >= 0.6 is 0 Å². The molecule has 3 rings (SSSR count). The molecule has 3 aliphatic carbocycles. The molecular formula is C13H17F3O5S. The Morgan fingerprint density at radius 3 is 2.32 bits per heavy atom. The summed E-state index contributed by atoms with van der Waals surface area (Å²) in [6.45, 7) is 0. The zero-order valence-corrected chi connectivity index (χ0v) is 12.4. The summed E-state index contributed by atoms with van der Waals surface area (Å²) in [5, 5.41) is 0. The minimum Gasteiger partial charge on any atom is -0.397 e. The zero-order valence-electron chi connectivity index (χ0n) is 11.6. The number of carbonyl (C=O) groups is 1. The van der Waals surface area contributed by atoms with Gasteiger partial charge in [0.1, 0.15) is 0 Å². The Morgan fingerprint density at radius 1 is 1.14 bits per heavy atom. The van der Waals surface area contributed by atoms with E-state index in [2.05, 4.69) is 4.74 Å². The molecule has 1 N–H and O–H groups in total. The molecule has 3 bridgehead atoms. The standard InChI is InChI=1S/C13H17F3O5S/c14-12(22(18,19)20)13(15,16)21-11(17)10-5-7-1-6-2-8(3-7)9(10)4-6/h6-10,12H,1-5H2,(H,18,19,20). The number of hydrogen-bond donors (Lipinski definition) is 1. The zero-order chi connectivity index (χ0) is 16.3. The normalized spacial score (nSPS) is 38.8. The summed E-state index contributed by atoms with van der Waals surface area (Å²) in [6.07, 6.45) is -0.738. The first-order valence-electron chi connectivity index (χ1n) is 7.29. The highest BCUT2D eigenvalue weighted by molar-refractivity contribution is 7.86. The van der Waals surface area contributed by atoms with Crippen LogP contribution in [0.15, 0.2) is 0 Å². The van der Waals surface area contributed by atoms with Crippen molar-refractivity contribution in [3.8, 4) is 0 Å². The Hall–Kier alpha value is -0.830. The largest absolute Gasteiger partial charge is 0.449 e. The van der Waals surface area contributed by atoms with Gasteiger partial charge in [0.2, 0.25) is 0 Å². The Bertz CT molecular complexity index is 576. The van der Waals surface area contributed by atoms with E-state index in [4.69, 9.17) is 4.55 Å². The minimum atomic E-state index is -5.65. The summed E-state index contributed by atoms with van der Waals surface area (Å²) in [4.78, 5) is 12.0. The lowest BCUT2D eigenvalue weighted by Gasteiger charge is -2.38. The topological polar surface area (TPSA) is 80.7 Å². The third kappa shape index (κ3) is 2.73. The molecule has 0 saturated heterocycles. The van der Waals surface area contributed by atoms with Crippen LogP contribution in [0, 0.1) is 29.6 Å². The number of hydrogen-bond acceptors (Lipinski definition) is 4. The molecule has 3 saturated carbocycles. The SMILES string of the molecule is O=C(OC(F)(F)C(F)S(=O)(=O)O)C1CC2CC3CC(C2)C1C3. The van der Waals surface area contributed by atoms with Crippen LogP contribution in [-0.2, 0) is 19.6 Å². The second-order valence-electron chi connectivity index (χ2n) is 6.75. The smallest absolute Gasteiger partial charge is 0.397 e. The van der Waals surface area contributed by atoms with Crippen molar-refractivity contribution in [3.05, 3.63) is 0 Å². The third-order valence-corrected chi connectivity index (χ3v) is 6.12. The van der Waals surface area contributed by atoms with Gasteiger partial charge >= 0.3 is 27.7 Å². The summed E-state index contributed by atoms with van der Waals surface area (Å²) in [7, 11) is -5.65. The Labute approximate surface area is 126 Å². The van der Waals surface area contributed by atoms with Gasteiger partial charge in [0.05, 0.1) is 5.92 Å². The van der Waals surface area contributed by atoms with E-state index in [-0.39, 0.29) is 11.8 Å². The van der Waals surface area contributed by atoms with E-state index in [1.54, 1.807) is 0 Å². The Morgan fingerprint density at radius 2 is 1.73 bits per heavy atom. The number of fused-ring (bicyclic) bond motifs is 2. The number of halogens is 3. The molecular weight excluding hydrogens is 325 g/mol. The lowest BCUT2D eigenvalue weighted by molar-refractivity contribution is -0.252. The van der Waals surface area contributed by atoms with Crippen molar-refractivity contribution in [1.82, 2.24) is 0 Å². The van der Waals surface area contributed by atoms with Crippen molar-refractivity contribution in [2.75, 3.05) is 0 Å². The van der Waals surface area contributed by atoms with Crippen LogP contribution in [0.3, 0.4) is 0 Å². The first kappa shape index (κ1) is 16.0. The lowest BCUT2D eigenvalue weighted by atomic mass is 9.67. The van der Waals surface area contributed by atoms with Crippen LogP contribution in [-0.4, -0.2) is 30.6 Å². The molecule has 5 nitrogen and oxygen atoms in total. The summed E-state index contributed by atoms with van der Waals surface area (Å²) in [5.41, 5.74) is -3.97. The van der Waals surface area contributed by atoms with Crippen LogP contribution < -0.4 is 0 Å². The van der Waals surface area contributed by atoms with Gasteiger partial charge in [0, 0.05) is 0 Å². The monoisotopic (exact) mass is 342 g/mol. The van der Waals surface area contributed by atoms with Crippen molar-refractivity contribution >= 4 is 16.1 Å². The van der Waals surface area contributed by atoms with Crippen LogP contribution in [0.2, 0.25) is 0 Å². The van der Waals surface area contributed by atoms with E-state index in [1.807, 2.05) is 0 Å². The fourth-order valence-corrected chi connectivity index (χ4v) is 5.05. The van der Waals surface area contributed by atoms with Gasteiger partial charge in [-0.2, -0.15) is 17.2 Å². The van der Waals surface area contributed by atoms with Gasteiger partial charge in [0.15, 0.2) is 0 Å². The number of alkyl halides is 3. The van der Waals surface area contributed by atoms with Crippen LogP contribution in [0.1, 0.15) is 32.1 Å². The van der Waals surface area contributed by atoms with Gasteiger partial charge in [-0.15, -0.1) is 0 Å². The molecule has 0 radical (unpaired) electrons. The highest BCUT2D eigenvalue weighted by Gasteiger charge is 2.56. The molecule has 6 atom stereocenters. The molecule has 0 aliphatic heterocycles. The average Bonchev–Trinajstić information content (AvgIpc) is 2.59. The maximum Gasteiger partial charge on any atom is 0.449 e. The van der Waals surface area contributed by atoms with E-state index in [9.17, 15) is 26.4 Å². The summed E-state index contributed by atoms with van der Waals surface area (Å²) < 4.78 is 73.1. The van der Waals surface area contributed by atoms with Gasteiger partial charge in [-0.05, 0) is 55.8 Å². The Balaban J connectivity index is 1.72. The van der Waals surface area contributed by atoms with Crippen molar-refractivity contribution in [1.29, 1.82) is 0 Å². The highest BCUT2D eigenvalue weighted by Crippen LogP contribution is 2.57. The van der Waals surface area contributed by atoms with E-state index < -0.39 is 33.6 Å². The number of carbonyl (C=O) groups excluding carboxylic acids is 1. The van der Waals surface area contributed by atoms with E-state index in [0.29, 0.717) is 18.3 Å². The summed E-state index contributed by atoms with van der Waals surface area (Å²) in [6, 6.07) is 0. The molecule has 0 aromatic heterocycles. The first-order chi connectivity index (χ1) is 10.1. The van der Waals surface area contributed by atoms with Crippen molar-refractivity contribution in [2.24, 2.45) is 29.6 Å². The Kier molecular flexibility index (Phi) is 3.71. The summed E-state index contributed by atoms with van der Waals surface area (Å²) in [5.74, 6) is -0.938. The van der Waals surface area contributed by atoms with E-state index in [1.165, 1.54) is 0 Å². The number of esters is 1. The van der Waals surface area contributed by atoms with Crippen molar-refractivity contribution < 1.29 is 35.7 Å². The van der Waals surface area contributed by atoms with Gasteiger partial charge < -0.3 is 4.74 Å². The molecule has 3 aliphatic rings. The highest BCUT2D eigenvalue weighted by atomic mass is 32.2. The first-order valence-corrected chi connectivity index (χ1v) is 8.79. The van der Waals surface area contributed by atoms with Crippen LogP contribution in [0.5, 0.6) is 0 Å². The minimum absolute atomic E-state index is 0.0455. The molecule has 3 fully saturated rings. The van der Waals surface area contributed by atoms with Crippen molar-refractivity contribution in [3.63, 3.8) is 0 Å². The fourth-order valence-electron chi connectivity index (χ4n) is 4.66. The predicted octanol–water partition coefficient (Wildman–Crippen LogP) is 2.38. The second kappa shape index (κ2) is 5.09. The molecule has 0 heterocycles. The quantitative estimate of drug-likeness (QED) is 0.627. The fraction of sp³-hybridized carbons (Fsp3) is 0.923. The van der Waals surface area contributed by atoms with Gasteiger partial charge in [0.25, 0.3) is 0 Å². The van der Waals surface area contributed by atoms with Gasteiger partial charge in [-0.3, -0.25) is 9.35 Å². The van der Waals surface area contributed by atoms with Gasteiger partial charge in [-0.1, -0.05) is 0 Å². The second-order valence-corrected chi connectivity index (χ2v) is 8.20. The molecule has 9 heteroatoms. The summed E-state index contributed by atoms with van der Waals surface area (Å²) >= 11 is 0. The molecule has 0 amide bonds. The lowest BCUT2D eigenvalue weighted by Crippen LogP contribution is -2.44. The molecule has 0 spiro atoms. The molecule has 0 aromatic rings. The maximum atomic E-state index is 13.4. The van der Waals surface area contributed by atoms with E-state index in [0.717, 1.165) is 25.7 Å². The van der Waals surface area contributed by atoms with Crippen LogP contribution in [0.25, 0.3) is 0 Å². The van der Waals surface area contributed by atoms with Crippen molar-refractivity contribution in [2.45, 2.75) is 43.7 Å². The number of ether oxygens (including phenoxy) is 1. The van der Waals surface area contributed by atoms with E-state index >= 15 is 0 Å². The third-order valence-electron chi connectivity index (χ3n) is 5.32. The predicted molar refractivity (Wildman–Crippen MR) is 68.0 cm³/mol. The van der Waals surface area contributed by atoms with Crippen LogP contribution in [0.4, 0.5) is 13.2 Å². The number of rotatable bonds is 4. The van der Waals surface area contributed by atoms with Gasteiger partial charge in [-0.25, -0.2) is 4.39 Å². The molecule has 22 heavy (non-hydrogen) atoms. The molecule has 6 unspecified atom stereocenters. The molecule has 0 aromatic carbocycles. The maximum absolute atomic E-state index is 13.4. The molecule has 126 valence electrons. The average molecular weight is 342 g/mol.